The van der Waals surface area contributed by atoms with Gasteiger partial charge in [-0.25, -0.2) is 0 Å². The number of hydrogen-bond acceptors (Lipinski definition) is 2. The van der Waals surface area contributed by atoms with Gasteiger partial charge in [0.2, 0.25) is 0 Å². The highest BCUT2D eigenvalue weighted by atomic mass is 16.5. The lowest BCUT2D eigenvalue weighted by molar-refractivity contribution is -0.150. The summed E-state index contributed by atoms with van der Waals surface area (Å²) in [5.74, 6) is 4.17. The van der Waals surface area contributed by atoms with Crippen molar-refractivity contribution >= 4 is 5.97 Å². The zero-order chi connectivity index (χ0) is 18.0. The molecular weight excluding hydrogens is 308 g/mol. The molecule has 0 amide bonds. The molecule has 0 aliphatic heterocycles. The highest BCUT2D eigenvalue weighted by Gasteiger charge is 2.45. The van der Waals surface area contributed by atoms with Crippen LogP contribution in [-0.2, 0) is 9.53 Å². The molecule has 8 unspecified atom stereocenters. The normalized spacial score (nSPS) is 42.8. The Bertz CT molecular complexity index is 546. The van der Waals surface area contributed by atoms with Gasteiger partial charge in [0.1, 0.15) is 0 Å². The summed E-state index contributed by atoms with van der Waals surface area (Å²) in [6.45, 7) is 11.0. The Balaban J connectivity index is 1.72. The molecule has 2 heteroatoms. The average molecular weight is 343 g/mol. The number of allylic oxidation sites excluding steroid dienone is 5. The van der Waals surface area contributed by atoms with Gasteiger partial charge in [0.05, 0.1) is 12.5 Å². The van der Waals surface area contributed by atoms with Gasteiger partial charge in [-0.1, -0.05) is 50.6 Å². The molecule has 0 spiro atoms. The lowest BCUT2D eigenvalue weighted by atomic mass is 9.84. The molecule has 3 aliphatic carbocycles. The number of ether oxygens (including phenoxy) is 1. The molecule has 138 valence electrons. The maximum atomic E-state index is 12.5. The number of rotatable bonds is 6. The minimum Gasteiger partial charge on any atom is -0.466 e. The molecule has 0 heterocycles. The van der Waals surface area contributed by atoms with Gasteiger partial charge in [-0.3, -0.25) is 4.79 Å². The minimum atomic E-state index is -0.0246. The predicted octanol–water partition coefficient (Wildman–Crippen LogP) is 5.42. The molecule has 0 aromatic heterocycles. The Labute approximate surface area is 153 Å². The molecule has 3 rings (SSSR count). The second-order valence-electron chi connectivity index (χ2n) is 8.32. The Morgan fingerprint density at radius 1 is 1.20 bits per heavy atom. The topological polar surface area (TPSA) is 26.3 Å². The Morgan fingerprint density at radius 3 is 2.64 bits per heavy atom. The quantitative estimate of drug-likeness (QED) is 0.476. The molecule has 0 radical (unpaired) electrons. The van der Waals surface area contributed by atoms with Crippen LogP contribution in [0.3, 0.4) is 0 Å². The number of carbonyl (C=O) groups is 1. The van der Waals surface area contributed by atoms with Crippen molar-refractivity contribution in [2.24, 2.45) is 47.3 Å². The highest BCUT2D eigenvalue weighted by molar-refractivity contribution is 5.74. The standard InChI is InChI=1S/C23H34O2/c1-5-16-14-18(19(6-2)22(16)23(24)25-7-3)12-11-17-13-15(4)20-9-8-10-21(17)20/h5,8,10-12,15-22H,1,6-7,9,13-14H2,2-4H3. The molecule has 2 saturated carbocycles. The molecule has 3 aliphatic rings. The van der Waals surface area contributed by atoms with Crippen molar-refractivity contribution in [2.75, 3.05) is 6.61 Å². The van der Waals surface area contributed by atoms with E-state index in [1.807, 2.05) is 13.0 Å². The van der Waals surface area contributed by atoms with Gasteiger partial charge in [-0.05, 0) is 67.6 Å². The van der Waals surface area contributed by atoms with E-state index in [1.54, 1.807) is 0 Å². The number of hydrogen-bond donors (Lipinski definition) is 0. The average Bonchev–Trinajstić information content (AvgIpc) is 3.28. The van der Waals surface area contributed by atoms with E-state index in [4.69, 9.17) is 4.74 Å². The molecule has 0 bridgehead atoms. The first-order valence-electron chi connectivity index (χ1n) is 10.2. The van der Waals surface area contributed by atoms with Crippen LogP contribution in [0.2, 0.25) is 0 Å². The van der Waals surface area contributed by atoms with Crippen LogP contribution in [-0.4, -0.2) is 12.6 Å². The van der Waals surface area contributed by atoms with Gasteiger partial charge in [-0.15, -0.1) is 6.58 Å². The molecule has 0 aromatic carbocycles. The van der Waals surface area contributed by atoms with Crippen LogP contribution in [0.5, 0.6) is 0 Å². The summed E-state index contributed by atoms with van der Waals surface area (Å²) < 4.78 is 5.37. The van der Waals surface area contributed by atoms with E-state index in [0.29, 0.717) is 24.4 Å². The van der Waals surface area contributed by atoms with E-state index in [9.17, 15) is 4.79 Å². The molecule has 0 N–H and O–H groups in total. The van der Waals surface area contributed by atoms with Gasteiger partial charge in [-0.2, -0.15) is 0 Å². The highest BCUT2D eigenvalue weighted by Crippen LogP contribution is 2.49. The van der Waals surface area contributed by atoms with Crippen molar-refractivity contribution in [3.63, 3.8) is 0 Å². The zero-order valence-electron chi connectivity index (χ0n) is 16.1. The first-order chi connectivity index (χ1) is 12.1. The zero-order valence-corrected chi connectivity index (χ0v) is 16.1. The second kappa shape index (κ2) is 7.93. The predicted molar refractivity (Wildman–Crippen MR) is 103 cm³/mol. The summed E-state index contributed by atoms with van der Waals surface area (Å²) in [5.41, 5.74) is 0. The van der Waals surface area contributed by atoms with E-state index < -0.39 is 0 Å². The summed E-state index contributed by atoms with van der Waals surface area (Å²) in [5, 5.41) is 0. The van der Waals surface area contributed by atoms with Crippen LogP contribution in [0.15, 0.2) is 37.0 Å². The van der Waals surface area contributed by atoms with Crippen molar-refractivity contribution in [2.45, 2.75) is 46.5 Å². The lowest BCUT2D eigenvalue weighted by Crippen LogP contribution is -2.27. The SMILES string of the molecule is C=CC1CC(C=CC2CC(C)C3CC=CC23)C(CC)C1C(=O)OCC. The number of fused-ring (bicyclic) bond motifs is 1. The van der Waals surface area contributed by atoms with E-state index >= 15 is 0 Å². The second-order valence-corrected chi connectivity index (χ2v) is 8.32. The van der Waals surface area contributed by atoms with E-state index in [2.05, 4.69) is 44.7 Å². The van der Waals surface area contributed by atoms with Crippen molar-refractivity contribution in [3.8, 4) is 0 Å². The number of esters is 1. The molecule has 0 saturated heterocycles. The minimum absolute atomic E-state index is 0.0151. The smallest absolute Gasteiger partial charge is 0.309 e. The first-order valence-corrected chi connectivity index (χ1v) is 10.2. The van der Waals surface area contributed by atoms with Crippen LogP contribution in [0, 0.1) is 47.3 Å². The van der Waals surface area contributed by atoms with Crippen LogP contribution in [0.4, 0.5) is 0 Å². The monoisotopic (exact) mass is 342 g/mol. The Hall–Kier alpha value is -1.31. The van der Waals surface area contributed by atoms with Crippen LogP contribution >= 0.6 is 0 Å². The lowest BCUT2D eigenvalue weighted by Gasteiger charge is -2.22. The van der Waals surface area contributed by atoms with E-state index in [1.165, 1.54) is 12.8 Å². The van der Waals surface area contributed by atoms with Crippen molar-refractivity contribution in [3.05, 3.63) is 37.0 Å². The third kappa shape index (κ3) is 3.50. The van der Waals surface area contributed by atoms with Crippen molar-refractivity contribution < 1.29 is 9.53 Å². The Morgan fingerprint density at radius 2 is 1.96 bits per heavy atom. The van der Waals surface area contributed by atoms with Gasteiger partial charge < -0.3 is 4.74 Å². The first kappa shape index (κ1) is 18.5. The van der Waals surface area contributed by atoms with Crippen LogP contribution < -0.4 is 0 Å². The maximum Gasteiger partial charge on any atom is 0.309 e. The third-order valence-electron chi connectivity index (χ3n) is 7.09. The van der Waals surface area contributed by atoms with Crippen molar-refractivity contribution in [1.82, 2.24) is 0 Å². The van der Waals surface area contributed by atoms with Crippen molar-refractivity contribution in [1.29, 1.82) is 0 Å². The molecule has 2 nitrogen and oxygen atoms in total. The molecule has 8 atom stereocenters. The summed E-state index contributed by atoms with van der Waals surface area (Å²) in [6, 6.07) is 0. The fourth-order valence-corrected chi connectivity index (χ4v) is 5.85. The van der Waals surface area contributed by atoms with E-state index in [0.717, 1.165) is 30.6 Å². The fraction of sp³-hybridized carbons (Fsp3) is 0.696. The summed E-state index contributed by atoms with van der Waals surface area (Å²) in [6.07, 6.45) is 16.4. The van der Waals surface area contributed by atoms with Crippen LogP contribution in [0.1, 0.15) is 46.5 Å². The third-order valence-corrected chi connectivity index (χ3v) is 7.09. The van der Waals surface area contributed by atoms with Gasteiger partial charge in [0.15, 0.2) is 0 Å². The van der Waals surface area contributed by atoms with Gasteiger partial charge in [0, 0.05) is 0 Å². The summed E-state index contributed by atoms with van der Waals surface area (Å²) in [7, 11) is 0. The van der Waals surface area contributed by atoms with Gasteiger partial charge >= 0.3 is 5.97 Å². The summed E-state index contributed by atoms with van der Waals surface area (Å²) in [4.78, 5) is 12.5. The van der Waals surface area contributed by atoms with E-state index in [-0.39, 0.29) is 17.8 Å². The van der Waals surface area contributed by atoms with Crippen LogP contribution in [0.25, 0.3) is 0 Å². The largest absolute Gasteiger partial charge is 0.466 e. The summed E-state index contributed by atoms with van der Waals surface area (Å²) >= 11 is 0. The van der Waals surface area contributed by atoms with Gasteiger partial charge in [0.25, 0.3) is 0 Å². The maximum absolute atomic E-state index is 12.5. The molecular formula is C23H34O2. The molecule has 2 fully saturated rings. The Kier molecular flexibility index (Phi) is 5.86. The fourth-order valence-electron chi connectivity index (χ4n) is 5.85. The molecule has 25 heavy (non-hydrogen) atoms. The number of carbonyl (C=O) groups excluding carboxylic acids is 1. The molecule has 0 aromatic rings.